The number of nitrogens with one attached hydrogen (secondary N) is 1. The molecule has 1 rings (SSSR count). The van der Waals surface area contributed by atoms with Crippen molar-refractivity contribution < 1.29 is 9.19 Å². The molecule has 0 bridgehead atoms. The molecule has 0 radical (unpaired) electrons. The summed E-state index contributed by atoms with van der Waals surface area (Å²) in [5.74, 6) is 0. The molecule has 3 nitrogen and oxygen atoms in total. The fourth-order valence-electron chi connectivity index (χ4n) is 0.300. The number of rotatable bonds is 0. The van der Waals surface area contributed by atoms with Gasteiger partial charge in [0.1, 0.15) is 0 Å². The third kappa shape index (κ3) is 0.744. The van der Waals surface area contributed by atoms with Crippen molar-refractivity contribution in [2.45, 2.75) is 0 Å². The summed E-state index contributed by atoms with van der Waals surface area (Å²) < 4.78 is 14.5. The average molecular weight is 106 g/mol. The Labute approximate surface area is 36.5 Å². The Morgan fingerprint density at radius 2 is 2.67 bits per heavy atom. The van der Waals surface area contributed by atoms with E-state index in [-0.39, 0.29) is 0 Å². The summed E-state index contributed by atoms with van der Waals surface area (Å²) in [6.07, 6.45) is 0.662. The summed E-state index contributed by atoms with van der Waals surface area (Å²) in [5, 5.41) is 0. The fourth-order valence-corrected chi connectivity index (χ4v) is 0.901. The van der Waals surface area contributed by atoms with E-state index in [1.807, 2.05) is 0 Å². The first-order valence-corrected chi connectivity index (χ1v) is 3.10. The minimum atomic E-state index is -1.33. The van der Waals surface area contributed by atoms with Crippen LogP contribution in [0.3, 0.4) is 0 Å². The molecule has 0 aliphatic carbocycles. The lowest BCUT2D eigenvalue weighted by Gasteiger charge is -1.66. The maximum Gasteiger partial charge on any atom is 0.528 e. The zero-order valence-corrected chi connectivity index (χ0v) is 4.07. The summed E-state index contributed by atoms with van der Waals surface area (Å²) in [4.78, 5) is 0. The lowest BCUT2D eigenvalue weighted by atomic mass is 10.8. The van der Waals surface area contributed by atoms with E-state index in [0.29, 0.717) is 6.16 Å². The van der Waals surface area contributed by atoms with Crippen LogP contribution in [0.5, 0.6) is 0 Å². The Kier molecular flexibility index (Phi) is 1.15. The van der Waals surface area contributed by atoms with Crippen LogP contribution in [0.2, 0.25) is 0 Å². The summed E-state index contributed by atoms with van der Waals surface area (Å²) in [5.41, 5.74) is 2.49. The predicted molar refractivity (Wildman–Crippen MR) is 21.6 cm³/mol. The molecule has 1 saturated heterocycles. The van der Waals surface area contributed by atoms with Gasteiger partial charge < -0.3 is 0 Å². The molecular formula is C2H5NO2P+. The van der Waals surface area contributed by atoms with E-state index in [1.165, 1.54) is 0 Å². The van der Waals surface area contributed by atoms with Crippen molar-refractivity contribution in [3.63, 3.8) is 0 Å². The Balaban J connectivity index is 2.37. The largest absolute Gasteiger partial charge is 0.528 e. The van der Waals surface area contributed by atoms with Crippen molar-refractivity contribution >= 4 is 8.03 Å². The van der Waals surface area contributed by atoms with Crippen LogP contribution in [0, 0.1) is 0 Å². The number of hydrogen-bond acceptors (Lipinski definition) is 3. The Hall–Kier alpha value is 0.0200. The molecule has 0 saturated carbocycles. The van der Waals surface area contributed by atoms with Crippen molar-refractivity contribution in [1.82, 2.24) is 5.48 Å². The Morgan fingerprint density at radius 1 is 1.83 bits per heavy atom. The van der Waals surface area contributed by atoms with Crippen LogP contribution in [0.25, 0.3) is 0 Å². The van der Waals surface area contributed by atoms with Crippen molar-refractivity contribution in [2.24, 2.45) is 0 Å². The third-order valence-electron chi connectivity index (χ3n) is 0.563. The van der Waals surface area contributed by atoms with Gasteiger partial charge in [0.25, 0.3) is 0 Å². The van der Waals surface area contributed by atoms with Crippen LogP contribution in [0.1, 0.15) is 0 Å². The summed E-state index contributed by atoms with van der Waals surface area (Å²) in [7, 11) is -1.33. The monoisotopic (exact) mass is 106 g/mol. The molecule has 1 aliphatic heterocycles. The highest BCUT2D eigenvalue weighted by molar-refractivity contribution is 7.39. The molecule has 6 heavy (non-hydrogen) atoms. The lowest BCUT2D eigenvalue weighted by Crippen LogP contribution is -2.02. The molecular weight excluding hydrogens is 101 g/mol. The van der Waals surface area contributed by atoms with Gasteiger partial charge in [0.15, 0.2) is 6.16 Å². The molecule has 1 N–H and O–H groups in total. The third-order valence-corrected chi connectivity index (χ3v) is 1.48. The molecule has 1 heterocycles. The quantitative estimate of drug-likeness (QED) is 0.450. The highest BCUT2D eigenvalue weighted by atomic mass is 31.1. The molecule has 0 spiro atoms. The molecule has 0 aromatic carbocycles. The average Bonchev–Trinajstić information content (AvgIpc) is 1.86. The standard InChI is InChI=1S/C2H5NO2P/c4-6-2-1-3-5-6/h3H,1-2H2/q+1. The van der Waals surface area contributed by atoms with Crippen molar-refractivity contribution in [2.75, 3.05) is 12.7 Å². The van der Waals surface area contributed by atoms with Gasteiger partial charge in [0, 0.05) is 0 Å². The zero-order valence-electron chi connectivity index (χ0n) is 3.18. The minimum Gasteiger partial charge on any atom is -0.147 e. The predicted octanol–water partition coefficient (Wildman–Crippen LogP) is 0.264. The maximum atomic E-state index is 10.1. The number of hydroxylamine groups is 1. The molecule has 0 aromatic heterocycles. The molecule has 1 fully saturated rings. The number of hydrogen-bond donors (Lipinski definition) is 1. The van der Waals surface area contributed by atoms with Crippen LogP contribution < -0.4 is 5.48 Å². The SMILES string of the molecule is O=[P+]1CCNO1. The molecule has 1 atom stereocenters. The fraction of sp³-hybridized carbons (Fsp3) is 1.00. The van der Waals surface area contributed by atoms with Gasteiger partial charge in [-0.1, -0.05) is 0 Å². The van der Waals surface area contributed by atoms with Crippen LogP contribution in [0.4, 0.5) is 0 Å². The van der Waals surface area contributed by atoms with Crippen LogP contribution >= 0.6 is 8.03 Å². The second-order valence-electron chi connectivity index (χ2n) is 1.04. The van der Waals surface area contributed by atoms with E-state index in [9.17, 15) is 4.57 Å². The normalized spacial score (nSPS) is 28.3. The van der Waals surface area contributed by atoms with Gasteiger partial charge >= 0.3 is 8.03 Å². The van der Waals surface area contributed by atoms with Crippen LogP contribution in [-0.4, -0.2) is 12.7 Å². The van der Waals surface area contributed by atoms with E-state index in [4.69, 9.17) is 0 Å². The highest BCUT2D eigenvalue weighted by Gasteiger charge is 2.23. The smallest absolute Gasteiger partial charge is 0.147 e. The van der Waals surface area contributed by atoms with Crippen molar-refractivity contribution in [1.29, 1.82) is 0 Å². The first kappa shape index (κ1) is 4.19. The first-order chi connectivity index (χ1) is 2.89. The van der Waals surface area contributed by atoms with Crippen LogP contribution in [-0.2, 0) is 9.19 Å². The van der Waals surface area contributed by atoms with Gasteiger partial charge in [-0.15, -0.1) is 5.48 Å². The maximum absolute atomic E-state index is 10.1. The van der Waals surface area contributed by atoms with E-state index in [2.05, 4.69) is 10.1 Å². The Bertz CT molecular complexity index is 65.9. The molecule has 1 aliphatic rings. The summed E-state index contributed by atoms with van der Waals surface area (Å²) in [6, 6.07) is 0. The van der Waals surface area contributed by atoms with E-state index in [1.54, 1.807) is 0 Å². The second-order valence-corrected chi connectivity index (χ2v) is 2.34. The van der Waals surface area contributed by atoms with E-state index in [0.717, 1.165) is 6.54 Å². The summed E-state index contributed by atoms with van der Waals surface area (Å²) in [6.45, 7) is 0.731. The topological polar surface area (TPSA) is 38.3 Å². The molecule has 34 valence electrons. The van der Waals surface area contributed by atoms with Crippen molar-refractivity contribution in [3.05, 3.63) is 0 Å². The van der Waals surface area contributed by atoms with Gasteiger partial charge in [-0.3, -0.25) is 0 Å². The van der Waals surface area contributed by atoms with Gasteiger partial charge in [0.2, 0.25) is 0 Å². The second kappa shape index (κ2) is 1.65. The molecule has 1 unspecified atom stereocenters. The highest BCUT2D eigenvalue weighted by Crippen LogP contribution is 2.22. The van der Waals surface area contributed by atoms with E-state index >= 15 is 0 Å². The van der Waals surface area contributed by atoms with Crippen molar-refractivity contribution in [3.8, 4) is 0 Å². The Morgan fingerprint density at radius 3 is 2.83 bits per heavy atom. The molecule has 4 heteroatoms. The first-order valence-electron chi connectivity index (χ1n) is 1.74. The molecule has 0 aromatic rings. The van der Waals surface area contributed by atoms with E-state index < -0.39 is 8.03 Å². The van der Waals surface area contributed by atoms with Gasteiger partial charge in [-0.2, -0.15) is 0 Å². The minimum absolute atomic E-state index is 0.662. The van der Waals surface area contributed by atoms with Gasteiger partial charge in [-0.05, 0) is 9.19 Å². The zero-order chi connectivity index (χ0) is 4.41. The molecule has 0 amide bonds. The van der Waals surface area contributed by atoms with Gasteiger partial charge in [-0.25, -0.2) is 0 Å². The lowest BCUT2D eigenvalue weighted by molar-refractivity contribution is 0.247. The van der Waals surface area contributed by atoms with Crippen LogP contribution in [0.15, 0.2) is 0 Å². The van der Waals surface area contributed by atoms with Gasteiger partial charge in [0.05, 0.1) is 6.54 Å². The summed E-state index contributed by atoms with van der Waals surface area (Å²) >= 11 is 0.